The summed E-state index contributed by atoms with van der Waals surface area (Å²) in [5.41, 5.74) is 2.53. The van der Waals surface area contributed by atoms with Crippen LogP contribution < -0.4 is 0 Å². The van der Waals surface area contributed by atoms with Crippen LogP contribution in [0.5, 0.6) is 0 Å². The Labute approximate surface area is 204 Å². The van der Waals surface area contributed by atoms with Crippen LogP contribution in [-0.2, 0) is 22.6 Å². The molecule has 0 radical (unpaired) electrons. The molecule has 180 valence electrons. The Hall–Kier alpha value is -3.03. The van der Waals surface area contributed by atoms with Crippen molar-refractivity contribution < 1.29 is 18.7 Å². The van der Waals surface area contributed by atoms with Gasteiger partial charge in [0.05, 0.1) is 6.54 Å². The molecular formula is C27H31FN2O3S. The van der Waals surface area contributed by atoms with Crippen LogP contribution in [0.2, 0.25) is 0 Å². The molecule has 0 aliphatic heterocycles. The van der Waals surface area contributed by atoms with Crippen molar-refractivity contribution in [2.45, 2.75) is 33.4 Å². The minimum absolute atomic E-state index is 0.0560. The highest BCUT2D eigenvalue weighted by Crippen LogP contribution is 2.20. The fraction of sp³-hybridized carbons (Fsp3) is 0.333. The summed E-state index contributed by atoms with van der Waals surface area (Å²) < 4.78 is 18.8. The maximum Gasteiger partial charge on any atom is 0.254 e. The molecule has 0 saturated carbocycles. The average molecular weight is 483 g/mol. The van der Waals surface area contributed by atoms with Gasteiger partial charge < -0.3 is 14.5 Å². The maximum absolute atomic E-state index is 13.5. The first kappa shape index (κ1) is 25.6. The standard InChI is InChI=1S/C27H31FN2O3S/c1-3-33-16-7-15-29(27(32)23-10-12-24(28)13-11-23)20-26(31)30(18-22-8-5-4-6-9-22)19-25-21(2)14-17-34-25/h4-6,8-14,17H,3,7,15-16,18-20H2,1-2H3. The van der Waals surface area contributed by atoms with Gasteiger partial charge in [-0.15, -0.1) is 11.3 Å². The quantitative estimate of drug-likeness (QED) is 0.330. The van der Waals surface area contributed by atoms with E-state index in [1.54, 1.807) is 16.2 Å². The molecule has 34 heavy (non-hydrogen) atoms. The molecule has 0 aliphatic rings. The largest absolute Gasteiger partial charge is 0.382 e. The Balaban J connectivity index is 1.79. The maximum atomic E-state index is 13.5. The van der Waals surface area contributed by atoms with Crippen molar-refractivity contribution >= 4 is 23.2 Å². The van der Waals surface area contributed by atoms with Crippen molar-refractivity contribution in [2.75, 3.05) is 26.3 Å². The predicted octanol–water partition coefficient (Wildman–Crippen LogP) is 5.29. The molecule has 2 amide bonds. The molecule has 7 heteroatoms. The monoisotopic (exact) mass is 482 g/mol. The van der Waals surface area contributed by atoms with E-state index in [2.05, 4.69) is 0 Å². The average Bonchev–Trinajstić information content (AvgIpc) is 3.25. The van der Waals surface area contributed by atoms with E-state index >= 15 is 0 Å². The van der Waals surface area contributed by atoms with E-state index < -0.39 is 5.82 Å². The number of aryl methyl sites for hydroxylation is 1. The second kappa shape index (κ2) is 13.0. The zero-order chi connectivity index (χ0) is 24.3. The third-order valence-corrected chi connectivity index (χ3v) is 6.50. The fourth-order valence-corrected chi connectivity index (χ4v) is 4.49. The summed E-state index contributed by atoms with van der Waals surface area (Å²) in [5, 5.41) is 2.02. The van der Waals surface area contributed by atoms with E-state index in [1.165, 1.54) is 29.2 Å². The number of carbonyl (C=O) groups excluding carboxylic acids is 2. The highest BCUT2D eigenvalue weighted by atomic mass is 32.1. The van der Waals surface area contributed by atoms with Crippen molar-refractivity contribution in [3.05, 3.63) is 93.4 Å². The Bertz CT molecular complexity index is 1050. The predicted molar refractivity (Wildman–Crippen MR) is 133 cm³/mol. The second-order valence-corrected chi connectivity index (χ2v) is 9.05. The summed E-state index contributed by atoms with van der Waals surface area (Å²) in [5.74, 6) is -0.837. The van der Waals surface area contributed by atoms with Crippen molar-refractivity contribution in [3.63, 3.8) is 0 Å². The Morgan fingerprint density at radius 2 is 1.71 bits per heavy atom. The summed E-state index contributed by atoms with van der Waals surface area (Å²) in [6.07, 6.45) is 0.608. The van der Waals surface area contributed by atoms with Gasteiger partial charge in [-0.2, -0.15) is 0 Å². The second-order valence-electron chi connectivity index (χ2n) is 8.05. The lowest BCUT2D eigenvalue weighted by Gasteiger charge is -2.28. The van der Waals surface area contributed by atoms with Crippen molar-refractivity contribution in [1.29, 1.82) is 0 Å². The summed E-state index contributed by atoms with van der Waals surface area (Å²) in [6.45, 7) is 6.30. The van der Waals surface area contributed by atoms with Crippen LogP contribution in [-0.4, -0.2) is 47.9 Å². The van der Waals surface area contributed by atoms with Crippen LogP contribution in [0.25, 0.3) is 0 Å². The third kappa shape index (κ3) is 7.50. The van der Waals surface area contributed by atoms with Gasteiger partial charge >= 0.3 is 0 Å². The lowest BCUT2D eigenvalue weighted by atomic mass is 10.1. The third-order valence-electron chi connectivity index (χ3n) is 5.50. The number of amides is 2. The zero-order valence-electron chi connectivity index (χ0n) is 19.7. The molecule has 3 rings (SSSR count). The van der Waals surface area contributed by atoms with Gasteiger partial charge in [-0.25, -0.2) is 4.39 Å². The van der Waals surface area contributed by atoms with E-state index in [0.717, 1.165) is 16.0 Å². The Morgan fingerprint density at radius 3 is 2.35 bits per heavy atom. The number of hydrogen-bond acceptors (Lipinski definition) is 4. The van der Waals surface area contributed by atoms with Crippen LogP contribution in [0.1, 0.15) is 39.7 Å². The highest BCUT2D eigenvalue weighted by molar-refractivity contribution is 7.10. The highest BCUT2D eigenvalue weighted by Gasteiger charge is 2.23. The number of hydrogen-bond donors (Lipinski definition) is 0. The van der Waals surface area contributed by atoms with Gasteiger partial charge in [0.2, 0.25) is 5.91 Å². The SMILES string of the molecule is CCOCCCN(CC(=O)N(Cc1ccccc1)Cc1sccc1C)C(=O)c1ccc(F)cc1. The molecular weight excluding hydrogens is 451 g/mol. The molecule has 0 N–H and O–H groups in total. The molecule has 5 nitrogen and oxygen atoms in total. The number of thiophene rings is 1. The first-order valence-corrected chi connectivity index (χ1v) is 12.3. The van der Waals surface area contributed by atoms with Crippen LogP contribution >= 0.6 is 11.3 Å². The normalized spacial score (nSPS) is 10.8. The van der Waals surface area contributed by atoms with E-state index in [-0.39, 0.29) is 18.4 Å². The van der Waals surface area contributed by atoms with Crippen molar-refractivity contribution in [1.82, 2.24) is 9.80 Å². The molecule has 3 aromatic rings. The summed E-state index contributed by atoms with van der Waals surface area (Å²) in [4.78, 5) is 31.2. The summed E-state index contributed by atoms with van der Waals surface area (Å²) in [7, 11) is 0. The fourth-order valence-electron chi connectivity index (χ4n) is 3.57. The minimum atomic E-state index is -0.407. The van der Waals surface area contributed by atoms with E-state index in [9.17, 15) is 14.0 Å². The van der Waals surface area contributed by atoms with Gasteiger partial charge in [0.1, 0.15) is 12.4 Å². The minimum Gasteiger partial charge on any atom is -0.382 e. The number of benzene rings is 2. The van der Waals surface area contributed by atoms with Gasteiger partial charge in [-0.3, -0.25) is 9.59 Å². The molecule has 0 unspecified atom stereocenters. The van der Waals surface area contributed by atoms with E-state index in [1.807, 2.05) is 55.6 Å². The zero-order valence-corrected chi connectivity index (χ0v) is 20.5. The van der Waals surface area contributed by atoms with E-state index in [0.29, 0.717) is 44.8 Å². The molecule has 0 bridgehead atoms. The topological polar surface area (TPSA) is 49.9 Å². The lowest BCUT2D eigenvalue weighted by Crippen LogP contribution is -2.43. The number of nitrogens with zero attached hydrogens (tertiary/aromatic N) is 2. The molecule has 0 spiro atoms. The van der Waals surface area contributed by atoms with Gasteiger partial charge in [-0.1, -0.05) is 30.3 Å². The Morgan fingerprint density at radius 1 is 0.971 bits per heavy atom. The molecule has 0 saturated heterocycles. The van der Waals surface area contributed by atoms with Crippen molar-refractivity contribution in [3.8, 4) is 0 Å². The lowest BCUT2D eigenvalue weighted by molar-refractivity contribution is -0.133. The number of carbonyl (C=O) groups is 2. The van der Waals surface area contributed by atoms with Crippen molar-refractivity contribution in [2.24, 2.45) is 0 Å². The molecule has 1 aromatic heterocycles. The first-order chi connectivity index (χ1) is 16.5. The number of rotatable bonds is 12. The summed E-state index contributed by atoms with van der Waals surface area (Å²) >= 11 is 1.62. The molecule has 0 atom stereocenters. The number of ether oxygens (including phenoxy) is 1. The number of halogens is 1. The van der Waals surface area contributed by atoms with Crippen LogP contribution in [0, 0.1) is 12.7 Å². The van der Waals surface area contributed by atoms with Crippen LogP contribution in [0.15, 0.2) is 66.0 Å². The van der Waals surface area contributed by atoms with Crippen LogP contribution in [0.4, 0.5) is 4.39 Å². The van der Waals surface area contributed by atoms with Gasteiger partial charge in [0.25, 0.3) is 5.91 Å². The molecule has 0 aliphatic carbocycles. The first-order valence-electron chi connectivity index (χ1n) is 11.4. The van der Waals surface area contributed by atoms with E-state index in [4.69, 9.17) is 4.74 Å². The molecule has 2 aromatic carbocycles. The molecule has 1 heterocycles. The van der Waals surface area contributed by atoms with Gasteiger partial charge in [0, 0.05) is 36.7 Å². The van der Waals surface area contributed by atoms with Crippen LogP contribution in [0.3, 0.4) is 0 Å². The smallest absolute Gasteiger partial charge is 0.254 e. The summed E-state index contributed by atoms with van der Waals surface area (Å²) in [6, 6.07) is 17.3. The van der Waals surface area contributed by atoms with Gasteiger partial charge in [-0.05, 0) is 67.1 Å². The molecule has 0 fully saturated rings. The van der Waals surface area contributed by atoms with Gasteiger partial charge in [0.15, 0.2) is 0 Å². The Kier molecular flexibility index (Phi) is 9.79.